The second kappa shape index (κ2) is 5.44. The Morgan fingerprint density at radius 2 is 2.14 bits per heavy atom. The first-order valence-corrected chi connectivity index (χ1v) is 8.15. The van der Waals surface area contributed by atoms with Crippen LogP contribution in [-0.2, 0) is 23.1 Å². The molecule has 3 nitrogen and oxygen atoms in total. The van der Waals surface area contributed by atoms with Crippen LogP contribution in [0.5, 0.6) is 0 Å². The van der Waals surface area contributed by atoms with Gasteiger partial charge in [0.05, 0.1) is 17.7 Å². The molecule has 21 heavy (non-hydrogen) atoms. The van der Waals surface area contributed by atoms with E-state index in [-0.39, 0.29) is 5.97 Å². The average Bonchev–Trinajstić information content (AvgIpc) is 3.03. The number of carbonyl (C=O) groups is 1. The second-order valence-electron chi connectivity index (χ2n) is 5.34. The molecule has 0 fully saturated rings. The fraction of sp³-hybridized carbons (Fsp3) is 0.312. The first-order valence-electron chi connectivity index (χ1n) is 6.83. The first-order chi connectivity index (χ1) is 10.0. The van der Waals surface area contributed by atoms with Crippen molar-refractivity contribution in [2.45, 2.75) is 25.3 Å². The van der Waals surface area contributed by atoms with Gasteiger partial charge in [-0.05, 0) is 54.0 Å². The molecular weight excluding hydrogens is 306 g/mol. The number of thiophene rings is 1. The van der Waals surface area contributed by atoms with Crippen LogP contribution < -0.4 is 5.73 Å². The van der Waals surface area contributed by atoms with Gasteiger partial charge in [0.15, 0.2) is 0 Å². The third-order valence-corrected chi connectivity index (χ3v) is 4.85. The van der Waals surface area contributed by atoms with Crippen molar-refractivity contribution in [3.05, 3.63) is 56.2 Å². The van der Waals surface area contributed by atoms with Crippen molar-refractivity contribution in [3.8, 4) is 0 Å². The van der Waals surface area contributed by atoms with Gasteiger partial charge in [0, 0.05) is 10.4 Å². The van der Waals surface area contributed by atoms with Crippen molar-refractivity contribution in [2.24, 2.45) is 5.73 Å². The predicted octanol–water partition coefficient (Wildman–Crippen LogP) is 3.53. The van der Waals surface area contributed by atoms with Gasteiger partial charge in [-0.25, -0.2) is 4.79 Å². The van der Waals surface area contributed by atoms with Gasteiger partial charge in [-0.2, -0.15) is 11.3 Å². The molecule has 1 aliphatic carbocycles. The quantitative estimate of drug-likeness (QED) is 0.880. The normalized spacial score (nSPS) is 20.3. The van der Waals surface area contributed by atoms with Gasteiger partial charge in [-0.15, -0.1) is 0 Å². The fourth-order valence-corrected chi connectivity index (χ4v) is 4.03. The second-order valence-corrected chi connectivity index (χ2v) is 6.52. The number of hydrogen-bond acceptors (Lipinski definition) is 4. The van der Waals surface area contributed by atoms with Gasteiger partial charge in [-0.1, -0.05) is 17.7 Å². The van der Waals surface area contributed by atoms with E-state index < -0.39 is 5.54 Å². The number of carbonyl (C=O) groups excluding carboxylic acids is 1. The summed E-state index contributed by atoms with van der Waals surface area (Å²) >= 11 is 7.53. The molecule has 0 bridgehead atoms. The molecule has 1 heterocycles. The molecule has 5 heteroatoms. The largest absolute Gasteiger partial charge is 0.462 e. The number of nitrogens with two attached hydrogens (primary N) is 1. The molecule has 1 atom stereocenters. The number of benzene rings is 1. The van der Waals surface area contributed by atoms with Crippen LogP contribution in [0.2, 0.25) is 5.02 Å². The Balaban J connectivity index is 1.96. The summed E-state index contributed by atoms with van der Waals surface area (Å²) in [5, 5.41) is 4.49. The zero-order valence-electron chi connectivity index (χ0n) is 11.7. The monoisotopic (exact) mass is 321 g/mol. The van der Waals surface area contributed by atoms with Crippen molar-refractivity contribution >= 4 is 28.9 Å². The Morgan fingerprint density at radius 1 is 1.38 bits per heavy atom. The first kappa shape index (κ1) is 14.6. The zero-order valence-corrected chi connectivity index (χ0v) is 13.3. The predicted molar refractivity (Wildman–Crippen MR) is 85.0 cm³/mol. The van der Waals surface area contributed by atoms with Gasteiger partial charge in [0.25, 0.3) is 0 Å². The van der Waals surface area contributed by atoms with Gasteiger partial charge >= 0.3 is 5.97 Å². The highest BCUT2D eigenvalue weighted by Gasteiger charge is 2.38. The lowest BCUT2D eigenvalue weighted by Crippen LogP contribution is -2.38. The van der Waals surface area contributed by atoms with Gasteiger partial charge in [-0.3, -0.25) is 0 Å². The lowest BCUT2D eigenvalue weighted by Gasteiger charge is -2.24. The third kappa shape index (κ3) is 2.59. The van der Waals surface area contributed by atoms with Crippen molar-refractivity contribution in [1.82, 2.24) is 0 Å². The van der Waals surface area contributed by atoms with E-state index in [0.717, 1.165) is 11.1 Å². The number of rotatable bonds is 3. The van der Waals surface area contributed by atoms with Crippen LogP contribution in [0.4, 0.5) is 0 Å². The van der Waals surface area contributed by atoms with Crippen molar-refractivity contribution in [3.63, 3.8) is 0 Å². The maximum Gasteiger partial charge on any atom is 0.339 e. The van der Waals surface area contributed by atoms with E-state index in [0.29, 0.717) is 30.0 Å². The highest BCUT2D eigenvalue weighted by atomic mass is 35.5. The highest BCUT2D eigenvalue weighted by molar-refractivity contribution is 7.08. The fourth-order valence-electron chi connectivity index (χ4n) is 2.91. The summed E-state index contributed by atoms with van der Waals surface area (Å²) < 4.78 is 5.12. The lowest BCUT2D eigenvalue weighted by molar-refractivity contribution is 0.0523. The Kier molecular flexibility index (Phi) is 3.78. The molecule has 0 saturated heterocycles. The molecule has 3 rings (SSSR count). The maximum atomic E-state index is 12.1. The molecule has 1 aromatic carbocycles. The van der Waals surface area contributed by atoms with E-state index in [2.05, 4.69) is 0 Å². The minimum atomic E-state index is -0.560. The summed E-state index contributed by atoms with van der Waals surface area (Å²) in [5.41, 5.74) is 9.87. The molecule has 1 aromatic heterocycles. The molecule has 0 saturated carbocycles. The minimum absolute atomic E-state index is 0.299. The molecular formula is C16H16ClNO2S. The number of ether oxygens (including phenoxy) is 1. The standard InChI is InChI=1S/C16H16ClNO2S/c1-2-20-15(19)13-8-21-9-14(13)16(18)6-10-3-4-12(17)5-11(10)7-16/h3-5,8-9H,2,6-7,18H2,1H3. The van der Waals surface area contributed by atoms with E-state index in [1.54, 1.807) is 6.92 Å². The van der Waals surface area contributed by atoms with E-state index in [4.69, 9.17) is 22.1 Å². The van der Waals surface area contributed by atoms with Crippen molar-refractivity contribution in [1.29, 1.82) is 0 Å². The number of fused-ring (bicyclic) bond motifs is 1. The smallest absolute Gasteiger partial charge is 0.339 e. The summed E-state index contributed by atoms with van der Waals surface area (Å²) in [6.07, 6.45) is 1.40. The van der Waals surface area contributed by atoms with E-state index >= 15 is 0 Å². The Morgan fingerprint density at radius 3 is 2.90 bits per heavy atom. The zero-order chi connectivity index (χ0) is 15.0. The average molecular weight is 322 g/mol. The van der Waals surface area contributed by atoms with Crippen LogP contribution in [-0.4, -0.2) is 12.6 Å². The van der Waals surface area contributed by atoms with E-state index in [9.17, 15) is 4.79 Å². The van der Waals surface area contributed by atoms with Crippen LogP contribution >= 0.6 is 22.9 Å². The van der Waals surface area contributed by atoms with Gasteiger partial charge in [0.1, 0.15) is 0 Å². The number of halogens is 1. The summed E-state index contributed by atoms with van der Waals surface area (Å²) in [7, 11) is 0. The van der Waals surface area contributed by atoms with Crippen LogP contribution in [0.25, 0.3) is 0 Å². The molecule has 1 aliphatic rings. The summed E-state index contributed by atoms with van der Waals surface area (Å²) in [6.45, 7) is 2.16. The molecule has 0 amide bonds. The van der Waals surface area contributed by atoms with Crippen LogP contribution in [0, 0.1) is 0 Å². The topological polar surface area (TPSA) is 52.3 Å². The highest BCUT2D eigenvalue weighted by Crippen LogP contribution is 2.39. The van der Waals surface area contributed by atoms with E-state index in [1.807, 2.05) is 29.0 Å². The molecule has 110 valence electrons. The Labute approximate surface area is 132 Å². The Bertz CT molecular complexity index is 697. The van der Waals surface area contributed by atoms with Crippen LogP contribution in [0.3, 0.4) is 0 Å². The minimum Gasteiger partial charge on any atom is -0.462 e. The van der Waals surface area contributed by atoms with Gasteiger partial charge in [0.2, 0.25) is 0 Å². The lowest BCUT2D eigenvalue weighted by atomic mass is 9.87. The Hall–Kier alpha value is -1.36. The van der Waals surface area contributed by atoms with Crippen molar-refractivity contribution in [2.75, 3.05) is 6.61 Å². The van der Waals surface area contributed by atoms with Crippen LogP contribution in [0.15, 0.2) is 29.0 Å². The molecule has 0 spiro atoms. The number of hydrogen-bond donors (Lipinski definition) is 1. The maximum absolute atomic E-state index is 12.1. The summed E-state index contributed by atoms with van der Waals surface area (Å²) in [6, 6.07) is 5.86. The molecule has 2 aromatic rings. The SMILES string of the molecule is CCOC(=O)c1cscc1C1(N)Cc2ccc(Cl)cc2C1. The van der Waals surface area contributed by atoms with Crippen molar-refractivity contribution < 1.29 is 9.53 Å². The molecule has 0 radical (unpaired) electrons. The molecule has 2 N–H and O–H groups in total. The third-order valence-electron chi connectivity index (χ3n) is 3.87. The van der Waals surface area contributed by atoms with E-state index in [1.165, 1.54) is 16.9 Å². The molecule has 0 aliphatic heterocycles. The summed E-state index contributed by atoms with van der Waals surface area (Å²) in [5.74, 6) is -0.299. The summed E-state index contributed by atoms with van der Waals surface area (Å²) in [4.78, 5) is 12.1. The molecule has 1 unspecified atom stereocenters. The van der Waals surface area contributed by atoms with Crippen LogP contribution in [0.1, 0.15) is 34.0 Å². The van der Waals surface area contributed by atoms with Gasteiger partial charge < -0.3 is 10.5 Å². The number of esters is 1.